The van der Waals surface area contributed by atoms with Gasteiger partial charge in [0, 0.05) is 10.6 Å². The fourth-order valence-electron chi connectivity index (χ4n) is 3.34. The number of thioether (sulfide) groups is 1. The Labute approximate surface area is 235 Å². The molecule has 0 spiro atoms. The zero-order valence-electron chi connectivity index (χ0n) is 18.2. The third-order valence-corrected chi connectivity index (χ3v) is 7.89. The van der Waals surface area contributed by atoms with Crippen LogP contribution in [0.5, 0.6) is 11.5 Å². The molecular weight excluding hydrogens is 644 g/mol. The average molecular weight is 661 g/mol. The summed E-state index contributed by atoms with van der Waals surface area (Å²) in [6.45, 7) is 0.382. The van der Waals surface area contributed by atoms with Crippen molar-refractivity contribution in [1.29, 1.82) is 0 Å². The van der Waals surface area contributed by atoms with Gasteiger partial charge in [-0.15, -0.1) is 0 Å². The fraction of sp³-hybridized carbons (Fsp3) is 0.120. The normalized spacial score (nSPS) is 14.7. The first-order valence-electron chi connectivity index (χ1n) is 10.2. The third kappa shape index (κ3) is 6.09. The maximum atomic E-state index is 13.0. The highest BCUT2D eigenvalue weighted by Crippen LogP contribution is 2.38. The minimum Gasteiger partial charge on any atom is -0.493 e. The van der Waals surface area contributed by atoms with Gasteiger partial charge in [0.05, 0.1) is 32.2 Å². The first kappa shape index (κ1) is 26.2. The van der Waals surface area contributed by atoms with E-state index in [-0.39, 0.29) is 24.3 Å². The molecule has 0 bridgehead atoms. The summed E-state index contributed by atoms with van der Waals surface area (Å²) in [4.78, 5) is 27.0. The Hall–Kier alpha value is -1.91. The number of benzene rings is 3. The first-order chi connectivity index (χ1) is 16.8. The number of methoxy groups -OCH3 is 1. The van der Waals surface area contributed by atoms with Crippen molar-refractivity contribution in [2.75, 3.05) is 7.11 Å². The van der Waals surface area contributed by atoms with Gasteiger partial charge in [0.15, 0.2) is 11.5 Å². The van der Waals surface area contributed by atoms with E-state index in [1.54, 1.807) is 43.5 Å². The zero-order valence-corrected chi connectivity index (χ0v) is 23.4. The SMILES string of the molecule is COc1cc(/C=C2/SC(=O)N(Cc3ccc(Cl)c(Cl)c3)C2=O)cc(I)c1OCc1ccccc1Cl. The second kappa shape index (κ2) is 11.4. The lowest BCUT2D eigenvalue weighted by Gasteiger charge is -2.14. The van der Waals surface area contributed by atoms with Gasteiger partial charge in [0.2, 0.25) is 0 Å². The summed E-state index contributed by atoms with van der Waals surface area (Å²) < 4.78 is 12.3. The van der Waals surface area contributed by atoms with Crippen LogP contribution in [0.2, 0.25) is 15.1 Å². The zero-order chi connectivity index (χ0) is 25.1. The predicted molar refractivity (Wildman–Crippen MR) is 149 cm³/mol. The van der Waals surface area contributed by atoms with Crippen LogP contribution in [0.3, 0.4) is 0 Å². The number of hydrogen-bond donors (Lipinski definition) is 0. The molecule has 0 aliphatic carbocycles. The molecule has 35 heavy (non-hydrogen) atoms. The molecule has 10 heteroatoms. The van der Waals surface area contributed by atoms with Gasteiger partial charge >= 0.3 is 0 Å². The van der Waals surface area contributed by atoms with Crippen LogP contribution < -0.4 is 9.47 Å². The summed E-state index contributed by atoms with van der Waals surface area (Å²) >= 11 is 21.3. The predicted octanol–water partition coefficient (Wildman–Crippen LogP) is 8.08. The highest BCUT2D eigenvalue weighted by Gasteiger charge is 2.35. The Kier molecular flexibility index (Phi) is 8.54. The van der Waals surface area contributed by atoms with Crippen molar-refractivity contribution in [1.82, 2.24) is 4.90 Å². The van der Waals surface area contributed by atoms with Crippen molar-refractivity contribution >= 4 is 86.4 Å². The topological polar surface area (TPSA) is 55.8 Å². The Bertz CT molecular complexity index is 1350. The highest BCUT2D eigenvalue weighted by molar-refractivity contribution is 14.1. The van der Waals surface area contributed by atoms with Crippen molar-refractivity contribution in [3.8, 4) is 11.5 Å². The molecule has 1 aliphatic rings. The molecule has 180 valence electrons. The minimum absolute atomic E-state index is 0.106. The van der Waals surface area contributed by atoms with Crippen LogP contribution >= 0.6 is 69.2 Å². The van der Waals surface area contributed by atoms with E-state index in [9.17, 15) is 9.59 Å². The van der Waals surface area contributed by atoms with Crippen LogP contribution in [-0.4, -0.2) is 23.2 Å². The third-order valence-electron chi connectivity index (χ3n) is 5.08. The maximum Gasteiger partial charge on any atom is 0.293 e. The Balaban J connectivity index is 1.54. The number of halogens is 4. The lowest BCUT2D eigenvalue weighted by atomic mass is 10.1. The second-order valence-electron chi connectivity index (χ2n) is 7.43. The molecule has 0 N–H and O–H groups in total. The summed E-state index contributed by atoms with van der Waals surface area (Å²) in [6.07, 6.45) is 1.67. The van der Waals surface area contributed by atoms with Crippen molar-refractivity contribution < 1.29 is 19.1 Å². The summed E-state index contributed by atoms with van der Waals surface area (Å²) in [5, 5.41) is 1.04. The average Bonchev–Trinajstić information content (AvgIpc) is 3.08. The summed E-state index contributed by atoms with van der Waals surface area (Å²) in [5.41, 5.74) is 2.27. The lowest BCUT2D eigenvalue weighted by molar-refractivity contribution is -0.123. The van der Waals surface area contributed by atoms with Gasteiger partial charge in [-0.1, -0.05) is 59.1 Å². The molecule has 1 aliphatic heterocycles. The van der Waals surface area contributed by atoms with Gasteiger partial charge in [-0.3, -0.25) is 14.5 Å². The van der Waals surface area contributed by atoms with Crippen LogP contribution in [0, 0.1) is 3.57 Å². The van der Waals surface area contributed by atoms with Gasteiger partial charge in [-0.05, 0) is 81.9 Å². The number of ether oxygens (including phenoxy) is 2. The van der Waals surface area contributed by atoms with Crippen LogP contribution in [0.25, 0.3) is 6.08 Å². The van der Waals surface area contributed by atoms with E-state index in [1.807, 2.05) is 24.3 Å². The molecule has 0 atom stereocenters. The number of carbonyl (C=O) groups excluding carboxylic acids is 2. The number of carbonyl (C=O) groups is 2. The molecule has 1 saturated heterocycles. The number of amides is 2. The van der Waals surface area contributed by atoms with Gasteiger partial charge < -0.3 is 9.47 Å². The Morgan fingerprint density at radius 2 is 1.77 bits per heavy atom. The van der Waals surface area contributed by atoms with E-state index >= 15 is 0 Å². The summed E-state index contributed by atoms with van der Waals surface area (Å²) in [6, 6.07) is 16.1. The van der Waals surface area contributed by atoms with Gasteiger partial charge in [0.1, 0.15) is 6.61 Å². The molecular formula is C25H17Cl3INO4S. The summed E-state index contributed by atoms with van der Waals surface area (Å²) in [7, 11) is 1.54. The summed E-state index contributed by atoms with van der Waals surface area (Å²) in [5.74, 6) is 0.697. The lowest BCUT2D eigenvalue weighted by Crippen LogP contribution is -2.27. The van der Waals surface area contributed by atoms with Crippen molar-refractivity contribution in [2.24, 2.45) is 0 Å². The van der Waals surface area contributed by atoms with Crippen LogP contribution in [0.15, 0.2) is 59.5 Å². The second-order valence-corrected chi connectivity index (χ2v) is 10.8. The molecule has 1 fully saturated rings. The number of hydrogen-bond acceptors (Lipinski definition) is 5. The van der Waals surface area contributed by atoms with E-state index < -0.39 is 0 Å². The minimum atomic E-state index is -0.376. The van der Waals surface area contributed by atoms with Crippen LogP contribution in [0.4, 0.5) is 4.79 Å². The smallest absolute Gasteiger partial charge is 0.293 e. The molecule has 0 saturated carbocycles. The Morgan fingerprint density at radius 1 is 1.00 bits per heavy atom. The molecule has 3 aromatic rings. The van der Waals surface area contributed by atoms with Gasteiger partial charge in [0.25, 0.3) is 11.1 Å². The highest BCUT2D eigenvalue weighted by atomic mass is 127. The van der Waals surface area contributed by atoms with Crippen molar-refractivity contribution in [3.05, 3.63) is 94.8 Å². The van der Waals surface area contributed by atoms with Gasteiger partial charge in [-0.2, -0.15) is 0 Å². The number of nitrogens with zero attached hydrogens (tertiary/aromatic N) is 1. The molecule has 0 radical (unpaired) electrons. The van der Waals surface area contributed by atoms with E-state index in [4.69, 9.17) is 44.3 Å². The monoisotopic (exact) mass is 659 g/mol. The van der Waals surface area contributed by atoms with Crippen molar-refractivity contribution in [3.63, 3.8) is 0 Å². The quantitative estimate of drug-likeness (QED) is 0.190. The molecule has 1 heterocycles. The molecule has 0 aromatic heterocycles. The molecule has 4 rings (SSSR count). The van der Waals surface area contributed by atoms with Crippen LogP contribution in [0.1, 0.15) is 16.7 Å². The maximum absolute atomic E-state index is 13.0. The van der Waals surface area contributed by atoms with E-state index in [2.05, 4.69) is 22.6 Å². The largest absolute Gasteiger partial charge is 0.493 e. The van der Waals surface area contributed by atoms with E-state index in [1.165, 1.54) is 4.90 Å². The Morgan fingerprint density at radius 3 is 2.49 bits per heavy atom. The van der Waals surface area contributed by atoms with E-state index in [0.717, 1.165) is 20.9 Å². The molecule has 0 unspecified atom stereocenters. The molecule has 5 nitrogen and oxygen atoms in total. The standard InChI is InChI=1S/C25H17Cl3INO4S/c1-33-21-10-15(9-20(29)23(21)34-13-16-4-2-3-5-17(16)26)11-22-24(31)30(25(32)35-22)12-14-6-7-18(27)19(28)8-14/h2-11H,12-13H2,1H3/b22-11+. The van der Waals surface area contributed by atoms with Crippen LogP contribution in [-0.2, 0) is 17.9 Å². The molecule has 3 aromatic carbocycles. The van der Waals surface area contributed by atoms with E-state index in [0.29, 0.717) is 42.6 Å². The molecule has 2 amide bonds. The van der Waals surface area contributed by atoms with Gasteiger partial charge in [-0.25, -0.2) is 0 Å². The number of imide groups is 1. The first-order valence-corrected chi connectivity index (χ1v) is 13.2. The fourth-order valence-corrected chi connectivity index (χ4v) is 5.47. The van der Waals surface area contributed by atoms with Crippen molar-refractivity contribution in [2.45, 2.75) is 13.2 Å². The number of rotatable bonds is 7.